The standard InChI is InChI=1S/C13H21NO3/c1-3-7-13(16)8-10-5-6-11(9-13)14(10)12(15)17-4-2/h3,10-11,16H,1,4-9H2,2H3. The van der Waals surface area contributed by atoms with E-state index in [9.17, 15) is 9.90 Å². The van der Waals surface area contributed by atoms with Crippen LogP contribution in [0.2, 0.25) is 0 Å². The van der Waals surface area contributed by atoms with Crippen LogP contribution in [0, 0.1) is 0 Å². The van der Waals surface area contributed by atoms with Crippen LogP contribution in [0.4, 0.5) is 4.79 Å². The summed E-state index contributed by atoms with van der Waals surface area (Å²) in [7, 11) is 0. The van der Waals surface area contributed by atoms with Gasteiger partial charge in [-0.3, -0.25) is 0 Å². The number of amides is 1. The summed E-state index contributed by atoms with van der Waals surface area (Å²) in [5.41, 5.74) is -0.670. The largest absolute Gasteiger partial charge is 0.450 e. The molecule has 0 aromatic rings. The zero-order chi connectivity index (χ0) is 12.5. The van der Waals surface area contributed by atoms with E-state index in [1.54, 1.807) is 6.08 Å². The van der Waals surface area contributed by atoms with Crippen LogP contribution >= 0.6 is 0 Å². The number of carbonyl (C=O) groups excluding carboxylic acids is 1. The van der Waals surface area contributed by atoms with E-state index in [1.165, 1.54) is 0 Å². The lowest BCUT2D eigenvalue weighted by Gasteiger charge is -2.42. The third kappa shape index (κ3) is 2.32. The Balaban J connectivity index is 2.07. The Morgan fingerprint density at radius 2 is 2.12 bits per heavy atom. The summed E-state index contributed by atoms with van der Waals surface area (Å²) in [4.78, 5) is 13.7. The average Bonchev–Trinajstić information content (AvgIpc) is 2.53. The molecule has 0 spiro atoms. The smallest absolute Gasteiger partial charge is 0.410 e. The normalized spacial score (nSPS) is 35.8. The Kier molecular flexibility index (Phi) is 3.43. The minimum Gasteiger partial charge on any atom is -0.450 e. The van der Waals surface area contributed by atoms with Gasteiger partial charge in [0.05, 0.1) is 12.2 Å². The summed E-state index contributed by atoms with van der Waals surface area (Å²) in [6, 6.07) is 0.274. The lowest BCUT2D eigenvalue weighted by atomic mass is 9.84. The van der Waals surface area contributed by atoms with Gasteiger partial charge < -0.3 is 14.7 Å². The third-order valence-electron chi connectivity index (χ3n) is 3.85. The van der Waals surface area contributed by atoms with Gasteiger partial charge in [0.25, 0.3) is 0 Å². The molecule has 2 fully saturated rings. The molecule has 1 N–H and O–H groups in total. The topological polar surface area (TPSA) is 49.8 Å². The minimum absolute atomic E-state index is 0.137. The van der Waals surface area contributed by atoms with Crippen molar-refractivity contribution < 1.29 is 14.6 Å². The van der Waals surface area contributed by atoms with Crippen molar-refractivity contribution in [3.05, 3.63) is 12.7 Å². The maximum Gasteiger partial charge on any atom is 0.410 e. The first-order valence-corrected chi connectivity index (χ1v) is 6.38. The number of hydrogen-bond acceptors (Lipinski definition) is 3. The van der Waals surface area contributed by atoms with Gasteiger partial charge in [0.2, 0.25) is 0 Å². The quantitative estimate of drug-likeness (QED) is 0.767. The molecule has 1 amide bonds. The van der Waals surface area contributed by atoms with Crippen molar-refractivity contribution in [3.8, 4) is 0 Å². The second-order valence-electron chi connectivity index (χ2n) is 5.12. The van der Waals surface area contributed by atoms with E-state index in [2.05, 4.69) is 6.58 Å². The van der Waals surface area contributed by atoms with Gasteiger partial charge in [0, 0.05) is 12.1 Å². The molecule has 0 aliphatic carbocycles. The second-order valence-corrected chi connectivity index (χ2v) is 5.12. The summed E-state index contributed by atoms with van der Waals surface area (Å²) in [5.74, 6) is 0. The maximum atomic E-state index is 11.8. The van der Waals surface area contributed by atoms with Crippen LogP contribution in [0.25, 0.3) is 0 Å². The van der Waals surface area contributed by atoms with Crippen LogP contribution in [0.15, 0.2) is 12.7 Å². The van der Waals surface area contributed by atoms with Crippen LogP contribution in [-0.2, 0) is 4.74 Å². The predicted molar refractivity (Wildman–Crippen MR) is 64.7 cm³/mol. The van der Waals surface area contributed by atoms with Crippen LogP contribution in [-0.4, -0.2) is 40.4 Å². The third-order valence-corrected chi connectivity index (χ3v) is 3.85. The number of rotatable bonds is 3. The summed E-state index contributed by atoms with van der Waals surface area (Å²) in [6.45, 7) is 5.91. The van der Waals surface area contributed by atoms with E-state index in [1.807, 2.05) is 11.8 Å². The van der Waals surface area contributed by atoms with Gasteiger partial charge in [-0.05, 0) is 39.0 Å². The first kappa shape index (κ1) is 12.4. The molecule has 0 saturated carbocycles. The van der Waals surface area contributed by atoms with Gasteiger partial charge in [-0.25, -0.2) is 4.79 Å². The molecule has 2 atom stereocenters. The van der Waals surface area contributed by atoms with Crippen molar-refractivity contribution in [1.29, 1.82) is 0 Å². The summed E-state index contributed by atoms with van der Waals surface area (Å²) >= 11 is 0. The van der Waals surface area contributed by atoms with Crippen molar-refractivity contribution in [2.24, 2.45) is 0 Å². The molecule has 2 bridgehead atoms. The van der Waals surface area contributed by atoms with Crippen LogP contribution in [0.5, 0.6) is 0 Å². The molecular formula is C13H21NO3. The molecule has 0 aromatic heterocycles. The lowest BCUT2D eigenvalue weighted by Crippen LogP contribution is -2.53. The van der Waals surface area contributed by atoms with Crippen molar-refractivity contribution in [3.63, 3.8) is 0 Å². The zero-order valence-electron chi connectivity index (χ0n) is 10.4. The fourth-order valence-electron chi connectivity index (χ4n) is 3.25. The molecule has 4 heteroatoms. The van der Waals surface area contributed by atoms with Gasteiger partial charge in [0.1, 0.15) is 0 Å². The number of nitrogens with zero attached hydrogens (tertiary/aromatic N) is 1. The van der Waals surface area contributed by atoms with Gasteiger partial charge in [-0.2, -0.15) is 0 Å². The fourth-order valence-corrected chi connectivity index (χ4v) is 3.25. The molecule has 17 heavy (non-hydrogen) atoms. The average molecular weight is 239 g/mol. The molecular weight excluding hydrogens is 218 g/mol. The van der Waals surface area contributed by atoms with Crippen LogP contribution in [0.3, 0.4) is 0 Å². The molecule has 2 heterocycles. The molecule has 2 saturated heterocycles. The van der Waals surface area contributed by atoms with Gasteiger partial charge in [-0.1, -0.05) is 6.08 Å². The molecule has 96 valence electrons. The van der Waals surface area contributed by atoms with Crippen molar-refractivity contribution >= 4 is 6.09 Å². The molecule has 2 rings (SSSR count). The molecule has 0 radical (unpaired) electrons. The molecule has 2 aliphatic rings. The highest BCUT2D eigenvalue weighted by atomic mass is 16.6. The van der Waals surface area contributed by atoms with E-state index in [0.29, 0.717) is 25.9 Å². The SMILES string of the molecule is C=CCC1(O)CC2CCC(C1)N2C(=O)OCC. The van der Waals surface area contributed by atoms with Crippen LogP contribution < -0.4 is 0 Å². The number of fused-ring (bicyclic) bond motifs is 2. The molecule has 0 aromatic carbocycles. The Labute approximate surface area is 102 Å². The van der Waals surface area contributed by atoms with Crippen molar-refractivity contribution in [1.82, 2.24) is 4.90 Å². The summed E-state index contributed by atoms with van der Waals surface area (Å²) < 4.78 is 5.08. The van der Waals surface area contributed by atoms with Crippen molar-refractivity contribution in [2.75, 3.05) is 6.61 Å². The Morgan fingerprint density at radius 3 is 2.59 bits per heavy atom. The molecule has 2 aliphatic heterocycles. The Bertz CT molecular complexity index is 302. The lowest BCUT2D eigenvalue weighted by molar-refractivity contribution is -0.0456. The number of carbonyl (C=O) groups is 1. The highest BCUT2D eigenvalue weighted by Gasteiger charge is 2.49. The van der Waals surface area contributed by atoms with Crippen molar-refractivity contribution in [2.45, 2.75) is 56.7 Å². The van der Waals surface area contributed by atoms with Gasteiger partial charge in [-0.15, -0.1) is 6.58 Å². The second kappa shape index (κ2) is 4.69. The predicted octanol–water partition coefficient (Wildman–Crippen LogP) is 2.08. The van der Waals surface area contributed by atoms with E-state index in [-0.39, 0.29) is 18.2 Å². The summed E-state index contributed by atoms with van der Waals surface area (Å²) in [6.07, 6.45) is 5.39. The Morgan fingerprint density at radius 1 is 1.53 bits per heavy atom. The van der Waals surface area contributed by atoms with E-state index in [4.69, 9.17) is 4.74 Å². The van der Waals surface area contributed by atoms with E-state index in [0.717, 1.165) is 12.8 Å². The fraction of sp³-hybridized carbons (Fsp3) is 0.769. The van der Waals surface area contributed by atoms with E-state index >= 15 is 0 Å². The number of piperidine rings is 1. The number of hydrogen-bond donors (Lipinski definition) is 1. The monoisotopic (exact) mass is 239 g/mol. The first-order valence-electron chi connectivity index (χ1n) is 6.38. The summed E-state index contributed by atoms with van der Waals surface area (Å²) in [5, 5.41) is 10.4. The maximum absolute atomic E-state index is 11.8. The van der Waals surface area contributed by atoms with Crippen LogP contribution in [0.1, 0.15) is 39.0 Å². The number of ether oxygens (including phenoxy) is 1. The van der Waals surface area contributed by atoms with Gasteiger partial charge >= 0.3 is 6.09 Å². The zero-order valence-corrected chi connectivity index (χ0v) is 10.4. The minimum atomic E-state index is -0.670. The molecule has 4 nitrogen and oxygen atoms in total. The van der Waals surface area contributed by atoms with E-state index < -0.39 is 5.60 Å². The first-order chi connectivity index (χ1) is 8.09. The molecule has 2 unspecified atom stereocenters. The Hall–Kier alpha value is -1.03. The number of aliphatic hydroxyl groups is 1. The van der Waals surface area contributed by atoms with Gasteiger partial charge in [0.15, 0.2) is 0 Å². The highest BCUT2D eigenvalue weighted by Crippen LogP contribution is 2.42. The highest BCUT2D eigenvalue weighted by molar-refractivity contribution is 5.69.